The van der Waals surface area contributed by atoms with Gasteiger partial charge in [-0.3, -0.25) is 14.7 Å². The Morgan fingerprint density at radius 1 is 1.19 bits per heavy atom. The first kappa shape index (κ1) is 18.5. The summed E-state index contributed by atoms with van der Waals surface area (Å²) in [7, 11) is 0. The molecule has 0 spiro atoms. The van der Waals surface area contributed by atoms with E-state index < -0.39 is 0 Å². The topological polar surface area (TPSA) is 86.9 Å². The number of anilines is 1. The first-order valence-corrected chi connectivity index (χ1v) is 9.36. The lowest BCUT2D eigenvalue weighted by atomic mass is 9.86. The monoisotopic (exact) mass is 374 g/mol. The van der Waals surface area contributed by atoms with Crippen LogP contribution in [0.1, 0.15) is 48.2 Å². The van der Waals surface area contributed by atoms with E-state index in [9.17, 15) is 9.59 Å². The fraction of sp³-hybridized carbons (Fsp3) is 0.421. The van der Waals surface area contributed by atoms with Gasteiger partial charge in [-0.25, -0.2) is 0 Å². The Morgan fingerprint density at radius 2 is 1.96 bits per heavy atom. The van der Waals surface area contributed by atoms with Crippen LogP contribution < -0.4 is 10.6 Å². The number of carbonyl (C=O) groups excluding carboxylic acids is 2. The van der Waals surface area contributed by atoms with E-state index in [4.69, 9.17) is 11.6 Å². The lowest BCUT2D eigenvalue weighted by Gasteiger charge is -2.20. The molecule has 0 unspecified atom stereocenters. The maximum atomic E-state index is 12.1. The van der Waals surface area contributed by atoms with Crippen molar-refractivity contribution in [1.82, 2.24) is 15.5 Å². The van der Waals surface area contributed by atoms with Gasteiger partial charge in [-0.15, -0.1) is 0 Å². The highest BCUT2D eigenvalue weighted by Gasteiger charge is 2.16. The van der Waals surface area contributed by atoms with Gasteiger partial charge >= 0.3 is 0 Å². The molecule has 1 aromatic heterocycles. The summed E-state index contributed by atoms with van der Waals surface area (Å²) in [6.07, 6.45) is 7.41. The Balaban J connectivity index is 1.46. The molecule has 0 radical (unpaired) electrons. The lowest BCUT2D eigenvalue weighted by Crippen LogP contribution is -2.33. The van der Waals surface area contributed by atoms with Crippen molar-refractivity contribution in [2.45, 2.75) is 38.5 Å². The number of amides is 2. The molecule has 138 valence electrons. The minimum absolute atomic E-state index is 0.144. The molecule has 1 aliphatic rings. The highest BCUT2D eigenvalue weighted by atomic mass is 35.5. The van der Waals surface area contributed by atoms with Crippen LogP contribution >= 0.6 is 11.6 Å². The van der Waals surface area contributed by atoms with Crippen molar-refractivity contribution in [2.75, 3.05) is 11.9 Å². The molecule has 3 N–H and O–H groups in total. The Hall–Kier alpha value is -2.34. The quantitative estimate of drug-likeness (QED) is 0.722. The molecule has 2 amide bonds. The van der Waals surface area contributed by atoms with Gasteiger partial charge in [0.2, 0.25) is 5.91 Å². The summed E-state index contributed by atoms with van der Waals surface area (Å²) in [5, 5.41) is 12.7. The molecule has 0 saturated heterocycles. The maximum absolute atomic E-state index is 12.1. The van der Waals surface area contributed by atoms with Crippen LogP contribution in [-0.2, 0) is 11.2 Å². The molecule has 1 aromatic carbocycles. The van der Waals surface area contributed by atoms with Crippen molar-refractivity contribution in [2.24, 2.45) is 5.92 Å². The first-order valence-electron chi connectivity index (χ1n) is 8.98. The van der Waals surface area contributed by atoms with E-state index in [2.05, 4.69) is 20.8 Å². The van der Waals surface area contributed by atoms with Crippen LogP contribution in [0, 0.1) is 5.92 Å². The number of aromatic nitrogens is 2. The second-order valence-electron chi connectivity index (χ2n) is 6.70. The summed E-state index contributed by atoms with van der Waals surface area (Å²) in [5.41, 5.74) is 1.38. The molecule has 26 heavy (non-hydrogen) atoms. The number of aromatic amines is 1. The molecule has 2 aromatic rings. The van der Waals surface area contributed by atoms with E-state index >= 15 is 0 Å². The summed E-state index contributed by atoms with van der Waals surface area (Å²) in [5.74, 6) is 0.461. The molecule has 1 saturated carbocycles. The zero-order chi connectivity index (χ0) is 18.4. The number of hydrogen-bond donors (Lipinski definition) is 3. The van der Waals surface area contributed by atoms with Crippen LogP contribution in [0.4, 0.5) is 5.82 Å². The molecule has 1 fully saturated rings. The molecule has 1 heterocycles. The number of nitrogens with zero attached hydrogens (tertiary/aromatic N) is 1. The second-order valence-corrected chi connectivity index (χ2v) is 7.10. The van der Waals surface area contributed by atoms with E-state index in [1.807, 2.05) is 6.07 Å². The van der Waals surface area contributed by atoms with Gasteiger partial charge in [0, 0.05) is 11.8 Å². The van der Waals surface area contributed by atoms with Gasteiger partial charge in [-0.1, -0.05) is 55.8 Å². The summed E-state index contributed by atoms with van der Waals surface area (Å²) >= 11 is 5.97. The highest BCUT2D eigenvalue weighted by molar-refractivity contribution is 6.33. The van der Waals surface area contributed by atoms with Crippen molar-refractivity contribution >= 4 is 29.2 Å². The summed E-state index contributed by atoms with van der Waals surface area (Å²) in [4.78, 5) is 24.1. The third kappa shape index (κ3) is 5.08. The number of nitrogens with one attached hydrogen (secondary N) is 3. The highest BCUT2D eigenvalue weighted by Crippen LogP contribution is 2.26. The minimum Gasteiger partial charge on any atom is -0.343 e. The van der Waals surface area contributed by atoms with Crippen LogP contribution in [-0.4, -0.2) is 28.6 Å². The molecule has 7 heteroatoms. The van der Waals surface area contributed by atoms with E-state index in [1.54, 1.807) is 24.3 Å². The summed E-state index contributed by atoms with van der Waals surface area (Å²) in [6, 6.07) is 8.57. The number of hydrogen-bond acceptors (Lipinski definition) is 3. The molecular formula is C19H23ClN4O2. The van der Waals surface area contributed by atoms with E-state index in [0.717, 1.165) is 12.1 Å². The van der Waals surface area contributed by atoms with Crippen molar-refractivity contribution in [3.05, 3.63) is 46.6 Å². The van der Waals surface area contributed by atoms with Gasteiger partial charge in [0.1, 0.15) is 0 Å². The van der Waals surface area contributed by atoms with Crippen molar-refractivity contribution in [1.29, 1.82) is 0 Å². The van der Waals surface area contributed by atoms with Gasteiger partial charge in [-0.05, 0) is 24.5 Å². The third-order valence-corrected chi connectivity index (χ3v) is 4.99. The van der Waals surface area contributed by atoms with E-state index in [-0.39, 0.29) is 18.4 Å². The molecule has 0 bridgehead atoms. The molecule has 0 aliphatic heterocycles. The Kier molecular flexibility index (Phi) is 6.28. The summed E-state index contributed by atoms with van der Waals surface area (Å²) < 4.78 is 0. The minimum atomic E-state index is -0.384. The van der Waals surface area contributed by atoms with Crippen molar-refractivity contribution < 1.29 is 9.59 Å². The van der Waals surface area contributed by atoms with Crippen LogP contribution in [0.15, 0.2) is 30.3 Å². The average Bonchev–Trinajstić information content (AvgIpc) is 3.07. The Labute approximate surface area is 157 Å². The first-order chi connectivity index (χ1) is 12.6. The standard InChI is InChI=1S/C19H23ClN4O2/c20-16-9-5-4-8-15(16)19(26)21-12-18(25)22-17-11-14(23-24-17)10-13-6-2-1-3-7-13/h4-5,8-9,11,13H,1-3,6-7,10,12H2,(H,21,26)(H2,22,23,24,25). The molecule has 3 rings (SSSR count). The van der Waals surface area contributed by atoms with Gasteiger partial charge < -0.3 is 10.6 Å². The van der Waals surface area contributed by atoms with Crippen LogP contribution in [0.5, 0.6) is 0 Å². The van der Waals surface area contributed by atoms with Crippen LogP contribution in [0.3, 0.4) is 0 Å². The van der Waals surface area contributed by atoms with Crippen LogP contribution in [0.2, 0.25) is 5.02 Å². The predicted octanol–water partition coefficient (Wildman–Crippen LogP) is 3.55. The molecular weight excluding hydrogens is 352 g/mol. The van der Waals surface area contributed by atoms with Crippen LogP contribution in [0.25, 0.3) is 0 Å². The normalized spacial score (nSPS) is 14.8. The van der Waals surface area contributed by atoms with Crippen molar-refractivity contribution in [3.63, 3.8) is 0 Å². The zero-order valence-corrected chi connectivity index (χ0v) is 15.3. The third-order valence-electron chi connectivity index (χ3n) is 4.66. The van der Waals surface area contributed by atoms with Gasteiger partial charge in [0.25, 0.3) is 5.91 Å². The van der Waals surface area contributed by atoms with E-state index in [0.29, 0.717) is 22.3 Å². The number of rotatable bonds is 6. The van der Waals surface area contributed by atoms with Gasteiger partial charge in [-0.2, -0.15) is 5.10 Å². The fourth-order valence-electron chi connectivity index (χ4n) is 3.32. The smallest absolute Gasteiger partial charge is 0.253 e. The predicted molar refractivity (Wildman–Crippen MR) is 101 cm³/mol. The second kappa shape index (κ2) is 8.85. The molecule has 0 atom stereocenters. The van der Waals surface area contributed by atoms with Crippen molar-refractivity contribution in [3.8, 4) is 0 Å². The lowest BCUT2D eigenvalue weighted by molar-refractivity contribution is -0.115. The summed E-state index contributed by atoms with van der Waals surface area (Å²) in [6.45, 7) is -0.144. The number of halogens is 1. The number of benzene rings is 1. The molecule has 6 nitrogen and oxygen atoms in total. The fourth-order valence-corrected chi connectivity index (χ4v) is 3.54. The number of carbonyl (C=O) groups is 2. The molecule has 1 aliphatic carbocycles. The average molecular weight is 375 g/mol. The largest absolute Gasteiger partial charge is 0.343 e. The van der Waals surface area contributed by atoms with Gasteiger partial charge in [0.15, 0.2) is 5.82 Å². The Morgan fingerprint density at radius 3 is 2.73 bits per heavy atom. The zero-order valence-electron chi connectivity index (χ0n) is 14.6. The SMILES string of the molecule is O=C(CNC(=O)c1ccccc1Cl)Nc1cc(CC2CCCCC2)[nH]n1. The maximum Gasteiger partial charge on any atom is 0.253 e. The number of H-pyrrole nitrogens is 1. The van der Waals surface area contributed by atoms with E-state index in [1.165, 1.54) is 32.1 Å². The van der Waals surface area contributed by atoms with Gasteiger partial charge in [0.05, 0.1) is 17.1 Å². The Bertz CT molecular complexity index is 768.